The zero-order valence-corrected chi connectivity index (χ0v) is 8.24. The third kappa shape index (κ3) is 1.83. The molecule has 1 amide bonds. The molecular formula is C7H9IN2O. The number of alkyl halides is 1. The van der Waals surface area contributed by atoms with Crippen molar-refractivity contribution in [2.24, 2.45) is 0 Å². The number of likely N-dealkylation sites (tertiary alicyclic amines) is 1. The zero-order valence-electron chi connectivity index (χ0n) is 6.09. The van der Waals surface area contributed by atoms with Crippen molar-refractivity contribution in [3.8, 4) is 6.07 Å². The van der Waals surface area contributed by atoms with Crippen LogP contribution in [0.15, 0.2) is 0 Å². The summed E-state index contributed by atoms with van der Waals surface area (Å²) in [6.07, 6.45) is 1.82. The SMILES string of the molecule is N#C[C@H]1CCCN1C(=O)CI. The number of carbonyl (C=O) groups excluding carboxylic acids is 1. The fourth-order valence-corrected chi connectivity index (χ4v) is 1.71. The van der Waals surface area contributed by atoms with Crippen molar-refractivity contribution in [3.63, 3.8) is 0 Å². The number of halogens is 1. The summed E-state index contributed by atoms with van der Waals surface area (Å²) in [6, 6.07) is 1.98. The standard InChI is InChI=1S/C7H9IN2O/c8-4-7(11)10-3-1-2-6(10)5-9/h6H,1-4H2/t6-/m1/s1. The van der Waals surface area contributed by atoms with Crippen LogP contribution in [0, 0.1) is 11.3 Å². The molecule has 0 radical (unpaired) electrons. The van der Waals surface area contributed by atoms with E-state index in [0.29, 0.717) is 4.43 Å². The predicted molar refractivity (Wildman–Crippen MR) is 49.2 cm³/mol. The molecular weight excluding hydrogens is 255 g/mol. The van der Waals surface area contributed by atoms with Crippen molar-refractivity contribution in [2.45, 2.75) is 18.9 Å². The highest BCUT2D eigenvalue weighted by atomic mass is 127. The van der Waals surface area contributed by atoms with Crippen LogP contribution in [0.25, 0.3) is 0 Å². The van der Waals surface area contributed by atoms with Gasteiger partial charge in [-0.05, 0) is 12.8 Å². The van der Waals surface area contributed by atoms with Gasteiger partial charge in [-0.15, -0.1) is 0 Å². The Kier molecular flexibility index (Phi) is 3.12. The summed E-state index contributed by atoms with van der Waals surface area (Å²) in [4.78, 5) is 12.8. The maximum atomic E-state index is 11.2. The van der Waals surface area contributed by atoms with Crippen LogP contribution in [0.2, 0.25) is 0 Å². The molecule has 4 heteroatoms. The molecule has 0 N–H and O–H groups in total. The van der Waals surface area contributed by atoms with Gasteiger partial charge in [0.15, 0.2) is 0 Å². The average Bonchev–Trinajstić information content (AvgIpc) is 2.50. The number of carbonyl (C=O) groups is 1. The Morgan fingerprint density at radius 1 is 1.82 bits per heavy atom. The van der Waals surface area contributed by atoms with Gasteiger partial charge in [0.2, 0.25) is 5.91 Å². The third-order valence-corrected chi connectivity index (χ3v) is 2.49. The summed E-state index contributed by atoms with van der Waals surface area (Å²) < 4.78 is 0.482. The van der Waals surface area contributed by atoms with E-state index in [-0.39, 0.29) is 11.9 Å². The van der Waals surface area contributed by atoms with Gasteiger partial charge in [-0.25, -0.2) is 0 Å². The molecule has 1 aliphatic heterocycles. The predicted octanol–water partition coefficient (Wildman–Crippen LogP) is 0.936. The van der Waals surface area contributed by atoms with E-state index < -0.39 is 0 Å². The first kappa shape index (κ1) is 8.78. The van der Waals surface area contributed by atoms with Crippen molar-refractivity contribution in [2.75, 3.05) is 11.0 Å². The lowest BCUT2D eigenvalue weighted by Crippen LogP contribution is -2.35. The Hall–Kier alpha value is -0.310. The quantitative estimate of drug-likeness (QED) is 0.522. The molecule has 1 fully saturated rings. The lowest BCUT2D eigenvalue weighted by molar-refractivity contribution is -0.128. The number of rotatable bonds is 1. The van der Waals surface area contributed by atoms with E-state index in [1.807, 2.05) is 22.6 Å². The number of amides is 1. The molecule has 1 aliphatic rings. The Labute approximate surface area is 79.5 Å². The van der Waals surface area contributed by atoms with Crippen LogP contribution >= 0.6 is 22.6 Å². The maximum absolute atomic E-state index is 11.2. The van der Waals surface area contributed by atoms with Crippen LogP contribution in [0.5, 0.6) is 0 Å². The summed E-state index contributed by atoms with van der Waals surface area (Å²) >= 11 is 2.03. The highest BCUT2D eigenvalue weighted by Crippen LogP contribution is 2.16. The van der Waals surface area contributed by atoms with Gasteiger partial charge in [0.1, 0.15) is 6.04 Å². The molecule has 3 nitrogen and oxygen atoms in total. The van der Waals surface area contributed by atoms with Gasteiger partial charge in [0.05, 0.1) is 10.5 Å². The van der Waals surface area contributed by atoms with Crippen molar-refractivity contribution in [3.05, 3.63) is 0 Å². The minimum absolute atomic E-state index is 0.0923. The Morgan fingerprint density at radius 2 is 2.55 bits per heavy atom. The number of hydrogen-bond donors (Lipinski definition) is 0. The summed E-state index contributed by atoms with van der Waals surface area (Å²) in [7, 11) is 0. The fourth-order valence-electron chi connectivity index (χ4n) is 1.28. The topological polar surface area (TPSA) is 44.1 Å². The smallest absolute Gasteiger partial charge is 0.233 e. The first-order valence-electron chi connectivity index (χ1n) is 3.54. The molecule has 0 unspecified atom stereocenters. The van der Waals surface area contributed by atoms with Crippen LogP contribution in [0.3, 0.4) is 0 Å². The van der Waals surface area contributed by atoms with Gasteiger partial charge in [0, 0.05) is 6.54 Å². The molecule has 1 rings (SSSR count). The molecule has 0 aliphatic carbocycles. The average molecular weight is 264 g/mol. The molecule has 0 saturated carbocycles. The van der Waals surface area contributed by atoms with E-state index in [1.165, 1.54) is 0 Å². The number of nitrogens with zero attached hydrogens (tertiary/aromatic N) is 2. The second kappa shape index (κ2) is 3.90. The first-order chi connectivity index (χ1) is 5.29. The normalized spacial score (nSPS) is 23.3. The van der Waals surface area contributed by atoms with Gasteiger partial charge >= 0.3 is 0 Å². The van der Waals surface area contributed by atoms with Crippen molar-refractivity contribution in [1.82, 2.24) is 4.90 Å². The number of hydrogen-bond acceptors (Lipinski definition) is 2. The minimum atomic E-state index is -0.155. The maximum Gasteiger partial charge on any atom is 0.233 e. The Balaban J connectivity index is 2.58. The molecule has 1 saturated heterocycles. The fraction of sp³-hybridized carbons (Fsp3) is 0.714. The van der Waals surface area contributed by atoms with E-state index in [4.69, 9.17) is 5.26 Å². The third-order valence-electron chi connectivity index (χ3n) is 1.84. The van der Waals surface area contributed by atoms with Crippen molar-refractivity contribution >= 4 is 28.5 Å². The van der Waals surface area contributed by atoms with Crippen LogP contribution in [0.4, 0.5) is 0 Å². The van der Waals surface area contributed by atoms with Gasteiger partial charge in [0.25, 0.3) is 0 Å². The van der Waals surface area contributed by atoms with E-state index in [1.54, 1.807) is 4.90 Å². The van der Waals surface area contributed by atoms with Crippen LogP contribution < -0.4 is 0 Å². The molecule has 0 aromatic heterocycles. The highest BCUT2D eigenvalue weighted by molar-refractivity contribution is 14.1. The Morgan fingerprint density at radius 3 is 3.09 bits per heavy atom. The molecule has 0 spiro atoms. The van der Waals surface area contributed by atoms with Gasteiger partial charge < -0.3 is 4.90 Å². The Bertz CT molecular complexity index is 199. The van der Waals surface area contributed by atoms with E-state index in [0.717, 1.165) is 19.4 Å². The van der Waals surface area contributed by atoms with Crippen molar-refractivity contribution in [1.29, 1.82) is 5.26 Å². The van der Waals surface area contributed by atoms with Gasteiger partial charge in [-0.3, -0.25) is 4.79 Å². The first-order valence-corrected chi connectivity index (χ1v) is 5.07. The molecule has 1 heterocycles. The lowest BCUT2D eigenvalue weighted by atomic mass is 10.2. The second-order valence-electron chi connectivity index (χ2n) is 2.51. The molecule has 0 aromatic rings. The van der Waals surface area contributed by atoms with E-state index in [2.05, 4.69) is 6.07 Å². The van der Waals surface area contributed by atoms with E-state index in [9.17, 15) is 4.79 Å². The summed E-state index contributed by atoms with van der Waals surface area (Å²) in [5.41, 5.74) is 0. The monoisotopic (exact) mass is 264 g/mol. The molecule has 11 heavy (non-hydrogen) atoms. The minimum Gasteiger partial charge on any atom is -0.326 e. The van der Waals surface area contributed by atoms with Crippen LogP contribution in [-0.2, 0) is 4.79 Å². The highest BCUT2D eigenvalue weighted by Gasteiger charge is 2.27. The molecule has 1 atom stereocenters. The van der Waals surface area contributed by atoms with Crippen LogP contribution in [0.1, 0.15) is 12.8 Å². The second-order valence-corrected chi connectivity index (χ2v) is 3.27. The lowest BCUT2D eigenvalue weighted by Gasteiger charge is -2.17. The van der Waals surface area contributed by atoms with Gasteiger partial charge in [-0.1, -0.05) is 22.6 Å². The largest absolute Gasteiger partial charge is 0.326 e. The molecule has 0 aromatic carbocycles. The zero-order chi connectivity index (χ0) is 8.27. The number of nitriles is 1. The summed E-state index contributed by atoms with van der Waals surface area (Å²) in [5.74, 6) is 0.0923. The summed E-state index contributed by atoms with van der Waals surface area (Å²) in [6.45, 7) is 0.764. The molecule has 60 valence electrons. The molecule has 0 bridgehead atoms. The van der Waals surface area contributed by atoms with E-state index >= 15 is 0 Å². The van der Waals surface area contributed by atoms with Gasteiger partial charge in [-0.2, -0.15) is 5.26 Å². The van der Waals surface area contributed by atoms with Crippen molar-refractivity contribution < 1.29 is 4.79 Å². The summed E-state index contributed by atoms with van der Waals surface area (Å²) in [5, 5.41) is 8.63. The van der Waals surface area contributed by atoms with Crippen LogP contribution in [-0.4, -0.2) is 27.8 Å².